The Morgan fingerprint density at radius 2 is 1.57 bits per heavy atom. The maximum absolute atomic E-state index is 13.2. The second-order valence-electron chi connectivity index (χ2n) is 10.9. The number of ether oxygens (including phenoxy) is 1. The topological polar surface area (TPSA) is 141 Å². The van der Waals surface area contributed by atoms with Crippen molar-refractivity contribution in [1.82, 2.24) is 19.7 Å². The summed E-state index contributed by atoms with van der Waals surface area (Å²) < 4.78 is 68.7. The van der Waals surface area contributed by atoms with Crippen LogP contribution in [0.5, 0.6) is 5.75 Å². The largest absolute Gasteiger partial charge is 0.497 e. The molecule has 3 aliphatic rings. The average molecular weight is 663 g/mol. The predicted molar refractivity (Wildman–Crippen MR) is 148 cm³/mol. The Bertz CT molecular complexity index is 1370. The number of carboxylic acid groups (broad SMARTS) is 2. The molecule has 3 fully saturated rings. The van der Waals surface area contributed by atoms with E-state index in [2.05, 4.69) is 16.0 Å². The molecule has 11 nitrogen and oxygen atoms in total. The zero-order valence-electron chi connectivity index (χ0n) is 24.7. The van der Waals surface area contributed by atoms with E-state index in [0.29, 0.717) is 30.3 Å². The number of carboxylic acids is 2. The molecule has 0 radical (unpaired) electrons. The van der Waals surface area contributed by atoms with Gasteiger partial charge < -0.3 is 24.7 Å². The number of rotatable bonds is 4. The maximum Gasteiger partial charge on any atom is 0.490 e. The van der Waals surface area contributed by atoms with Crippen molar-refractivity contribution in [3.8, 4) is 5.75 Å². The van der Waals surface area contributed by atoms with Crippen molar-refractivity contribution in [3.63, 3.8) is 0 Å². The molecule has 252 valence electrons. The van der Waals surface area contributed by atoms with Gasteiger partial charge in [0.15, 0.2) is 0 Å². The molecule has 0 unspecified atom stereocenters. The summed E-state index contributed by atoms with van der Waals surface area (Å²) in [6.45, 7) is 3.88. The highest BCUT2D eigenvalue weighted by Gasteiger charge is 2.60. The summed E-state index contributed by atoms with van der Waals surface area (Å²) in [5, 5.41) is 14.2. The van der Waals surface area contributed by atoms with Crippen LogP contribution in [-0.2, 0) is 20.9 Å². The third-order valence-corrected chi connectivity index (χ3v) is 8.25. The minimum absolute atomic E-state index is 0.0342. The molecule has 3 aliphatic heterocycles. The van der Waals surface area contributed by atoms with Gasteiger partial charge in [0.1, 0.15) is 5.75 Å². The highest BCUT2D eigenvalue weighted by atomic mass is 19.4. The first-order valence-corrected chi connectivity index (χ1v) is 13.8. The first kappa shape index (κ1) is 36.1. The Balaban J connectivity index is 0.000000345. The van der Waals surface area contributed by atoms with Gasteiger partial charge in [-0.1, -0.05) is 12.1 Å². The third-order valence-electron chi connectivity index (χ3n) is 8.25. The molecule has 2 N–H and O–H groups in total. The van der Waals surface area contributed by atoms with Gasteiger partial charge in [0, 0.05) is 63.6 Å². The summed E-state index contributed by atoms with van der Waals surface area (Å²) in [6, 6.07) is 11.4. The van der Waals surface area contributed by atoms with Crippen LogP contribution in [-0.4, -0.2) is 112 Å². The van der Waals surface area contributed by atoms with Gasteiger partial charge >= 0.3 is 24.3 Å². The smallest absolute Gasteiger partial charge is 0.490 e. The molecule has 4 heterocycles. The molecule has 2 atom stereocenters. The zero-order chi connectivity index (χ0) is 34.4. The molecule has 46 heavy (non-hydrogen) atoms. The van der Waals surface area contributed by atoms with Gasteiger partial charge in [-0.3, -0.25) is 19.5 Å². The van der Waals surface area contributed by atoms with Crippen LogP contribution < -0.4 is 4.74 Å². The average Bonchev–Trinajstić information content (AvgIpc) is 3.50. The fourth-order valence-corrected chi connectivity index (χ4v) is 6.02. The molecule has 1 spiro atoms. The van der Waals surface area contributed by atoms with Crippen LogP contribution in [0.25, 0.3) is 0 Å². The summed E-state index contributed by atoms with van der Waals surface area (Å²) in [6.07, 6.45) is -4.82. The maximum atomic E-state index is 13.2. The van der Waals surface area contributed by atoms with Crippen molar-refractivity contribution in [2.45, 2.75) is 37.3 Å². The lowest BCUT2D eigenvalue weighted by Crippen LogP contribution is -2.56. The highest BCUT2D eigenvalue weighted by molar-refractivity contribution is 5.94. The number of methoxy groups -OCH3 is 1. The number of amides is 2. The summed E-state index contributed by atoms with van der Waals surface area (Å²) in [4.78, 5) is 54.6. The Kier molecular flexibility index (Phi) is 11.2. The van der Waals surface area contributed by atoms with Crippen molar-refractivity contribution in [2.75, 3.05) is 40.3 Å². The van der Waals surface area contributed by atoms with E-state index in [1.807, 2.05) is 47.3 Å². The Morgan fingerprint density at radius 3 is 2.07 bits per heavy atom. The second kappa shape index (κ2) is 14.3. The summed E-state index contributed by atoms with van der Waals surface area (Å²) >= 11 is 0. The Morgan fingerprint density at radius 1 is 0.978 bits per heavy atom. The lowest BCUT2D eigenvalue weighted by molar-refractivity contribution is -0.193. The van der Waals surface area contributed by atoms with Crippen LogP contribution in [0.4, 0.5) is 26.3 Å². The minimum atomic E-state index is -5.08. The predicted octanol–water partition coefficient (Wildman–Crippen LogP) is 3.55. The van der Waals surface area contributed by atoms with Crippen molar-refractivity contribution < 1.29 is 60.5 Å². The summed E-state index contributed by atoms with van der Waals surface area (Å²) in [5.41, 5.74) is 1.68. The number of nitrogens with zero attached hydrogens (tertiary/aromatic N) is 4. The van der Waals surface area contributed by atoms with Crippen molar-refractivity contribution in [1.29, 1.82) is 0 Å². The molecule has 2 amide bonds. The number of carbonyl (C=O) groups excluding carboxylic acids is 2. The first-order chi connectivity index (χ1) is 21.4. The van der Waals surface area contributed by atoms with E-state index < -0.39 is 24.3 Å². The number of pyridine rings is 1. The number of aromatic nitrogens is 1. The Hall–Kier alpha value is -4.41. The van der Waals surface area contributed by atoms with Gasteiger partial charge in [0.05, 0.1) is 18.6 Å². The van der Waals surface area contributed by atoms with Crippen LogP contribution in [0, 0.1) is 11.8 Å². The van der Waals surface area contributed by atoms with Crippen LogP contribution in [0.2, 0.25) is 0 Å². The zero-order valence-corrected chi connectivity index (χ0v) is 24.7. The molecule has 0 bridgehead atoms. The van der Waals surface area contributed by atoms with E-state index in [4.69, 9.17) is 24.5 Å². The van der Waals surface area contributed by atoms with Crippen LogP contribution in [0.1, 0.15) is 28.8 Å². The monoisotopic (exact) mass is 662 g/mol. The Labute approximate surface area is 259 Å². The lowest BCUT2D eigenvalue weighted by Gasteiger charge is -2.46. The van der Waals surface area contributed by atoms with Gasteiger partial charge in [-0.25, -0.2) is 9.59 Å². The van der Waals surface area contributed by atoms with E-state index in [1.165, 1.54) is 5.56 Å². The first-order valence-electron chi connectivity index (χ1n) is 13.8. The van der Waals surface area contributed by atoms with Gasteiger partial charge in [-0.2, -0.15) is 26.3 Å². The van der Waals surface area contributed by atoms with E-state index in [1.54, 1.807) is 19.4 Å². The molecule has 1 aromatic heterocycles. The number of likely N-dealkylation sites (tertiary alicyclic amines) is 3. The molecule has 5 rings (SSSR count). The van der Waals surface area contributed by atoms with Gasteiger partial charge in [-0.15, -0.1) is 0 Å². The number of hydrogen-bond donors (Lipinski definition) is 2. The van der Waals surface area contributed by atoms with Crippen molar-refractivity contribution >= 4 is 23.8 Å². The quantitative estimate of drug-likeness (QED) is 0.471. The van der Waals surface area contributed by atoms with E-state index >= 15 is 0 Å². The molecule has 2 aromatic rings. The fourth-order valence-electron chi connectivity index (χ4n) is 6.02. The van der Waals surface area contributed by atoms with E-state index in [-0.39, 0.29) is 23.3 Å². The van der Waals surface area contributed by atoms with Gasteiger partial charge in [0.2, 0.25) is 5.91 Å². The van der Waals surface area contributed by atoms with Crippen LogP contribution >= 0.6 is 0 Å². The molecule has 17 heteroatoms. The van der Waals surface area contributed by atoms with E-state index in [9.17, 15) is 35.9 Å². The minimum Gasteiger partial charge on any atom is -0.497 e. The normalized spacial score (nSPS) is 20.7. The molecule has 0 aliphatic carbocycles. The molecular weight excluding hydrogens is 630 g/mol. The van der Waals surface area contributed by atoms with Gasteiger partial charge in [-0.05, 0) is 42.7 Å². The van der Waals surface area contributed by atoms with Crippen molar-refractivity contribution in [3.05, 3.63) is 59.9 Å². The third kappa shape index (κ3) is 8.44. The molecule has 0 saturated carbocycles. The highest BCUT2D eigenvalue weighted by Crippen LogP contribution is 2.49. The number of fused-ring (bicyclic) bond motifs is 2. The van der Waals surface area contributed by atoms with Gasteiger partial charge in [0.25, 0.3) is 5.91 Å². The SMILES string of the molecule is COc1cccc(C(=O)N2CCC3(CC2)[C@@H]2CN(Cc4cccnc4)C[C@@H]2C(=O)N3C)c1.O=C(O)C(F)(F)F.O=C(O)C(F)(F)F. The fraction of sp³-hybridized carbons (Fsp3) is 0.483. The number of aliphatic carboxylic acids is 2. The number of piperidine rings is 1. The summed E-state index contributed by atoms with van der Waals surface area (Å²) in [5.74, 6) is -4.17. The lowest BCUT2D eigenvalue weighted by atomic mass is 9.75. The number of hydrogen-bond acceptors (Lipinski definition) is 7. The molecule has 1 aromatic carbocycles. The van der Waals surface area contributed by atoms with Crippen LogP contribution in [0.15, 0.2) is 48.8 Å². The molecular formula is C29H32F6N4O7. The number of alkyl halides is 6. The standard InChI is InChI=1S/C25H30N4O3.2C2HF3O2/c1-27-24(31)21-16-28(15-18-5-4-10-26-14-18)17-22(21)25(27)8-11-29(12-9-25)23(30)19-6-3-7-20(13-19)32-2;2*3-2(4,5)1(6)7/h3-7,10,13-14,21-22H,8-9,11-12,15-17H2,1-2H3;2*(H,6,7)/t21-,22+;;/m0../s1. The molecule has 3 saturated heterocycles. The van der Waals surface area contributed by atoms with E-state index in [0.717, 1.165) is 32.5 Å². The second-order valence-corrected chi connectivity index (χ2v) is 10.9. The van der Waals surface area contributed by atoms with Crippen LogP contribution in [0.3, 0.4) is 0 Å². The summed E-state index contributed by atoms with van der Waals surface area (Å²) in [7, 11) is 3.57. The number of carbonyl (C=O) groups is 4. The van der Waals surface area contributed by atoms with Crippen molar-refractivity contribution in [2.24, 2.45) is 11.8 Å². The number of benzene rings is 1. The number of halogens is 6.